The van der Waals surface area contributed by atoms with Gasteiger partial charge in [-0.05, 0) is 41.7 Å². The molecule has 0 aromatic heterocycles. The minimum atomic E-state index is -2.49. The maximum absolute atomic E-state index is 12.7. The summed E-state index contributed by atoms with van der Waals surface area (Å²) in [6, 6.07) is 0. The summed E-state index contributed by atoms with van der Waals surface area (Å²) in [7, 11) is 6.93. The van der Waals surface area contributed by atoms with E-state index in [9.17, 15) is 4.57 Å². The van der Waals surface area contributed by atoms with E-state index in [-0.39, 0.29) is 0 Å². The summed E-state index contributed by atoms with van der Waals surface area (Å²) in [6.07, 6.45) is 3.51. The van der Waals surface area contributed by atoms with Gasteiger partial charge in [0.25, 0.3) is 7.59 Å². The van der Waals surface area contributed by atoms with Gasteiger partial charge in [-0.1, -0.05) is 19.8 Å². The third-order valence-corrected chi connectivity index (χ3v) is 5.75. The van der Waals surface area contributed by atoms with E-state index in [1.54, 1.807) is 0 Å². The van der Waals surface area contributed by atoms with E-state index in [2.05, 4.69) is 6.92 Å². The van der Waals surface area contributed by atoms with Crippen LogP contribution in [0.4, 0.5) is 0 Å². The van der Waals surface area contributed by atoms with Crippen molar-refractivity contribution < 1.29 is 4.57 Å². The highest BCUT2D eigenvalue weighted by Gasteiger charge is 2.32. The van der Waals surface area contributed by atoms with Crippen molar-refractivity contribution in [2.45, 2.75) is 26.2 Å². The molecule has 0 bridgehead atoms. The normalized spacial score (nSPS) is 13.1. The molecule has 0 aliphatic heterocycles. The molecule has 0 N–H and O–H groups in total. The van der Waals surface area contributed by atoms with Crippen molar-refractivity contribution in [2.24, 2.45) is 0 Å². The van der Waals surface area contributed by atoms with Crippen molar-refractivity contribution in [1.82, 2.24) is 14.0 Å². The van der Waals surface area contributed by atoms with E-state index in [0.717, 1.165) is 13.0 Å². The van der Waals surface area contributed by atoms with Crippen molar-refractivity contribution in [3.05, 3.63) is 0 Å². The molecule has 92 valence electrons. The molecular formula is C10H26N3OP. The van der Waals surface area contributed by atoms with Crippen LogP contribution in [0.15, 0.2) is 0 Å². The van der Waals surface area contributed by atoms with Crippen LogP contribution in [0.25, 0.3) is 0 Å². The van der Waals surface area contributed by atoms with Crippen LogP contribution < -0.4 is 0 Å². The van der Waals surface area contributed by atoms with Crippen molar-refractivity contribution in [1.29, 1.82) is 0 Å². The van der Waals surface area contributed by atoms with Gasteiger partial charge in [0.2, 0.25) is 0 Å². The predicted molar refractivity (Wildman–Crippen MR) is 67.1 cm³/mol. The predicted octanol–water partition coefficient (Wildman–Crippen LogP) is 2.34. The van der Waals surface area contributed by atoms with E-state index in [0.29, 0.717) is 0 Å². The van der Waals surface area contributed by atoms with E-state index in [1.807, 2.05) is 49.2 Å². The summed E-state index contributed by atoms with van der Waals surface area (Å²) in [5, 5.41) is 0. The van der Waals surface area contributed by atoms with Gasteiger partial charge in [-0.25, -0.2) is 14.0 Å². The van der Waals surface area contributed by atoms with Crippen LogP contribution in [0, 0.1) is 0 Å². The van der Waals surface area contributed by atoms with Crippen LogP contribution in [0.3, 0.4) is 0 Å². The third-order valence-electron chi connectivity index (χ3n) is 2.57. The molecule has 4 nitrogen and oxygen atoms in total. The van der Waals surface area contributed by atoms with Gasteiger partial charge < -0.3 is 0 Å². The van der Waals surface area contributed by atoms with Gasteiger partial charge in [0.05, 0.1) is 0 Å². The Labute approximate surface area is 94.8 Å². The maximum Gasteiger partial charge on any atom is 0.285 e. The van der Waals surface area contributed by atoms with Crippen LogP contribution in [0.1, 0.15) is 26.2 Å². The Morgan fingerprint density at radius 1 is 0.933 bits per heavy atom. The summed E-state index contributed by atoms with van der Waals surface area (Å²) < 4.78 is 18.3. The van der Waals surface area contributed by atoms with Gasteiger partial charge >= 0.3 is 0 Å². The Bertz CT molecular complexity index is 207. The zero-order valence-corrected chi connectivity index (χ0v) is 11.9. The minimum Gasteiger partial charge on any atom is -0.270 e. The van der Waals surface area contributed by atoms with Gasteiger partial charge in [0, 0.05) is 6.54 Å². The Hall–Kier alpha value is 0.110. The SMILES string of the molecule is CCCCCN(C)P(=O)(N(C)C)N(C)C. The van der Waals surface area contributed by atoms with Crippen LogP contribution in [0.5, 0.6) is 0 Å². The van der Waals surface area contributed by atoms with Crippen molar-refractivity contribution in [3.63, 3.8) is 0 Å². The highest BCUT2D eigenvalue weighted by molar-refractivity contribution is 7.56. The number of hydrogen-bond acceptors (Lipinski definition) is 1. The topological polar surface area (TPSA) is 26.8 Å². The molecule has 0 rings (SSSR count). The smallest absolute Gasteiger partial charge is 0.270 e. The molecule has 0 spiro atoms. The molecular weight excluding hydrogens is 209 g/mol. The first kappa shape index (κ1) is 15.1. The molecule has 0 unspecified atom stereocenters. The van der Waals surface area contributed by atoms with E-state index >= 15 is 0 Å². The molecule has 15 heavy (non-hydrogen) atoms. The summed E-state index contributed by atoms with van der Waals surface area (Å²) in [5.41, 5.74) is 0. The molecule has 0 heterocycles. The first-order chi connectivity index (χ1) is 6.87. The van der Waals surface area contributed by atoms with Crippen LogP contribution in [0.2, 0.25) is 0 Å². The molecule has 0 aromatic carbocycles. The fourth-order valence-electron chi connectivity index (χ4n) is 1.69. The van der Waals surface area contributed by atoms with Crippen molar-refractivity contribution in [2.75, 3.05) is 41.8 Å². The maximum atomic E-state index is 12.7. The van der Waals surface area contributed by atoms with Gasteiger partial charge in [0.15, 0.2) is 0 Å². The molecule has 0 radical (unpaired) electrons. The molecule has 0 fully saturated rings. The Balaban J connectivity index is 4.44. The molecule has 0 aromatic rings. The lowest BCUT2D eigenvalue weighted by atomic mass is 10.2. The average molecular weight is 235 g/mol. The average Bonchev–Trinajstić information content (AvgIpc) is 2.15. The van der Waals surface area contributed by atoms with E-state index < -0.39 is 7.59 Å². The van der Waals surface area contributed by atoms with Gasteiger partial charge in [-0.2, -0.15) is 0 Å². The molecule has 0 saturated heterocycles. The van der Waals surface area contributed by atoms with E-state index in [4.69, 9.17) is 0 Å². The van der Waals surface area contributed by atoms with Crippen LogP contribution >= 0.6 is 7.59 Å². The molecule has 0 aliphatic carbocycles. The standard InChI is InChI=1S/C10H26N3OP/c1-7-8-9-10-13(6)15(14,11(2)3)12(4)5/h7-10H2,1-6H3. The van der Waals surface area contributed by atoms with E-state index in [1.165, 1.54) is 12.8 Å². The fraction of sp³-hybridized carbons (Fsp3) is 1.00. The Kier molecular flexibility index (Phi) is 6.69. The molecule has 0 amide bonds. The molecule has 0 atom stereocenters. The van der Waals surface area contributed by atoms with Crippen LogP contribution in [-0.4, -0.2) is 55.8 Å². The number of rotatable bonds is 7. The van der Waals surface area contributed by atoms with Gasteiger partial charge in [-0.15, -0.1) is 0 Å². The minimum absolute atomic E-state index is 0.890. The second kappa shape index (κ2) is 6.64. The lowest BCUT2D eigenvalue weighted by molar-refractivity contribution is 0.353. The number of unbranched alkanes of at least 4 members (excludes halogenated alkanes) is 2. The highest BCUT2D eigenvalue weighted by atomic mass is 31.2. The van der Waals surface area contributed by atoms with Crippen molar-refractivity contribution >= 4 is 7.59 Å². The first-order valence-corrected chi connectivity index (χ1v) is 7.11. The second-order valence-corrected chi connectivity index (χ2v) is 7.61. The lowest BCUT2D eigenvalue weighted by Crippen LogP contribution is -2.33. The fourth-order valence-corrected chi connectivity index (χ4v) is 4.03. The molecule has 0 aliphatic rings. The number of nitrogens with zero attached hydrogens (tertiary/aromatic N) is 3. The summed E-state index contributed by atoms with van der Waals surface area (Å²) >= 11 is 0. The Morgan fingerprint density at radius 2 is 1.40 bits per heavy atom. The second-order valence-electron chi connectivity index (χ2n) is 4.30. The summed E-state index contributed by atoms with van der Waals surface area (Å²) in [5.74, 6) is 0. The highest BCUT2D eigenvalue weighted by Crippen LogP contribution is 2.51. The molecule has 5 heteroatoms. The number of hydrogen-bond donors (Lipinski definition) is 0. The third kappa shape index (κ3) is 3.87. The lowest BCUT2D eigenvalue weighted by Gasteiger charge is -2.37. The molecule has 0 saturated carbocycles. The van der Waals surface area contributed by atoms with Crippen molar-refractivity contribution in [3.8, 4) is 0 Å². The first-order valence-electron chi connectivity index (χ1n) is 5.54. The monoisotopic (exact) mass is 235 g/mol. The van der Waals surface area contributed by atoms with Gasteiger partial charge in [0.1, 0.15) is 0 Å². The quantitative estimate of drug-likeness (QED) is 0.500. The Morgan fingerprint density at radius 3 is 1.73 bits per heavy atom. The largest absolute Gasteiger partial charge is 0.285 e. The summed E-state index contributed by atoms with van der Waals surface area (Å²) in [6.45, 7) is 3.07. The summed E-state index contributed by atoms with van der Waals surface area (Å²) in [4.78, 5) is 0. The van der Waals surface area contributed by atoms with Gasteiger partial charge in [-0.3, -0.25) is 4.57 Å². The zero-order chi connectivity index (χ0) is 12.1. The van der Waals surface area contributed by atoms with Crippen LogP contribution in [-0.2, 0) is 4.57 Å². The zero-order valence-electron chi connectivity index (χ0n) is 11.0.